The van der Waals surface area contributed by atoms with Crippen LogP contribution in [-0.4, -0.2) is 0 Å². The first kappa shape index (κ1) is 15.1. The molecule has 1 aromatic carbocycles. The van der Waals surface area contributed by atoms with Crippen molar-refractivity contribution in [3.8, 4) is 0 Å². The Bertz CT molecular complexity index is 575. The van der Waals surface area contributed by atoms with E-state index in [1.807, 2.05) is 11.3 Å². The van der Waals surface area contributed by atoms with Crippen molar-refractivity contribution in [3.05, 3.63) is 51.2 Å². The number of aryl methyl sites for hydroxylation is 2. The third kappa shape index (κ3) is 3.43. The number of anilines is 1. The zero-order valence-corrected chi connectivity index (χ0v) is 14.0. The van der Waals surface area contributed by atoms with Crippen molar-refractivity contribution in [1.82, 2.24) is 0 Å². The van der Waals surface area contributed by atoms with E-state index in [0.29, 0.717) is 0 Å². The lowest BCUT2D eigenvalue weighted by Gasteiger charge is -2.15. The molecule has 0 spiro atoms. The van der Waals surface area contributed by atoms with E-state index < -0.39 is 0 Å². The van der Waals surface area contributed by atoms with Crippen LogP contribution in [-0.2, 0) is 18.4 Å². The number of nitrogens with one attached hydrogen (secondary N) is 1. The van der Waals surface area contributed by atoms with Crippen molar-refractivity contribution in [2.45, 2.75) is 53.0 Å². The summed E-state index contributed by atoms with van der Waals surface area (Å²) in [5, 5.41) is 3.62. The smallest absolute Gasteiger partial charge is 0.0494 e. The van der Waals surface area contributed by atoms with Gasteiger partial charge in [0.2, 0.25) is 0 Å². The number of hydrogen-bond donors (Lipinski definition) is 1. The van der Waals surface area contributed by atoms with E-state index in [1.54, 1.807) is 0 Å². The van der Waals surface area contributed by atoms with Crippen LogP contribution in [0.15, 0.2) is 30.3 Å². The normalized spacial score (nSPS) is 11.7. The quantitative estimate of drug-likeness (QED) is 0.779. The minimum atomic E-state index is 0.250. The SMILES string of the molecule is CCc1cccc(C)c1NCc1ccc(C(C)(C)C)s1. The van der Waals surface area contributed by atoms with E-state index in [9.17, 15) is 0 Å². The molecule has 1 aromatic heterocycles. The molecule has 1 heterocycles. The van der Waals surface area contributed by atoms with Gasteiger partial charge < -0.3 is 5.32 Å². The van der Waals surface area contributed by atoms with Crippen molar-refractivity contribution >= 4 is 17.0 Å². The second-order valence-corrected chi connectivity index (χ2v) is 7.50. The molecule has 2 aromatic rings. The molecule has 0 saturated carbocycles. The fourth-order valence-electron chi connectivity index (χ4n) is 2.33. The fourth-order valence-corrected chi connectivity index (χ4v) is 3.33. The molecule has 0 aliphatic carbocycles. The number of rotatable bonds is 4. The molecule has 0 bridgehead atoms. The summed E-state index contributed by atoms with van der Waals surface area (Å²) in [6.45, 7) is 12.1. The summed E-state index contributed by atoms with van der Waals surface area (Å²) in [5.74, 6) is 0. The number of benzene rings is 1. The van der Waals surface area contributed by atoms with Gasteiger partial charge in [-0.1, -0.05) is 45.9 Å². The minimum Gasteiger partial charge on any atom is -0.380 e. The first-order chi connectivity index (χ1) is 9.41. The van der Waals surface area contributed by atoms with Crippen LogP contribution in [0.4, 0.5) is 5.69 Å². The zero-order valence-electron chi connectivity index (χ0n) is 13.2. The largest absolute Gasteiger partial charge is 0.380 e. The van der Waals surface area contributed by atoms with Crippen LogP contribution in [0.5, 0.6) is 0 Å². The van der Waals surface area contributed by atoms with Crippen molar-refractivity contribution in [3.63, 3.8) is 0 Å². The second kappa shape index (κ2) is 6.01. The lowest BCUT2D eigenvalue weighted by molar-refractivity contribution is 0.604. The van der Waals surface area contributed by atoms with Crippen molar-refractivity contribution < 1.29 is 0 Å². The summed E-state index contributed by atoms with van der Waals surface area (Å²) in [5.41, 5.74) is 4.29. The molecule has 1 nitrogen and oxygen atoms in total. The van der Waals surface area contributed by atoms with Crippen LogP contribution in [0, 0.1) is 6.92 Å². The molecule has 0 fully saturated rings. The maximum Gasteiger partial charge on any atom is 0.0494 e. The van der Waals surface area contributed by atoms with Gasteiger partial charge in [0.25, 0.3) is 0 Å². The molecule has 108 valence electrons. The number of para-hydroxylation sites is 1. The highest BCUT2D eigenvalue weighted by molar-refractivity contribution is 7.12. The van der Waals surface area contributed by atoms with E-state index in [-0.39, 0.29) is 5.41 Å². The van der Waals surface area contributed by atoms with Gasteiger partial charge in [-0.05, 0) is 42.0 Å². The Morgan fingerprint density at radius 1 is 1.10 bits per heavy atom. The average Bonchev–Trinajstić information content (AvgIpc) is 2.85. The zero-order chi connectivity index (χ0) is 14.8. The van der Waals surface area contributed by atoms with Crippen molar-refractivity contribution in [1.29, 1.82) is 0 Å². The predicted molar refractivity (Wildman–Crippen MR) is 90.9 cm³/mol. The summed E-state index contributed by atoms with van der Waals surface area (Å²) in [6.07, 6.45) is 1.07. The number of hydrogen-bond acceptors (Lipinski definition) is 2. The molecule has 0 unspecified atom stereocenters. The second-order valence-electron chi connectivity index (χ2n) is 6.33. The molecule has 0 saturated heterocycles. The average molecular weight is 287 g/mol. The molecular weight excluding hydrogens is 262 g/mol. The first-order valence-electron chi connectivity index (χ1n) is 7.33. The molecule has 2 rings (SSSR count). The molecule has 0 atom stereocenters. The Hall–Kier alpha value is -1.28. The van der Waals surface area contributed by atoms with Gasteiger partial charge in [-0.3, -0.25) is 0 Å². The van der Waals surface area contributed by atoms with Crippen LogP contribution in [0.2, 0.25) is 0 Å². The third-order valence-electron chi connectivity index (χ3n) is 3.58. The van der Waals surface area contributed by atoms with Crippen molar-refractivity contribution in [2.75, 3.05) is 5.32 Å². The molecule has 0 radical (unpaired) electrons. The van der Waals surface area contributed by atoms with E-state index in [0.717, 1.165) is 13.0 Å². The number of thiophene rings is 1. The van der Waals surface area contributed by atoms with E-state index in [4.69, 9.17) is 0 Å². The van der Waals surface area contributed by atoms with Crippen LogP contribution < -0.4 is 5.32 Å². The van der Waals surface area contributed by atoms with Crippen LogP contribution >= 0.6 is 11.3 Å². The Kier molecular flexibility index (Phi) is 4.54. The summed E-state index contributed by atoms with van der Waals surface area (Å²) in [7, 11) is 0. The summed E-state index contributed by atoms with van der Waals surface area (Å²) >= 11 is 1.92. The Morgan fingerprint density at radius 2 is 1.85 bits per heavy atom. The lowest BCUT2D eigenvalue weighted by atomic mass is 9.95. The fraction of sp³-hybridized carbons (Fsp3) is 0.444. The van der Waals surface area contributed by atoms with Gasteiger partial charge in [0, 0.05) is 22.0 Å². The van der Waals surface area contributed by atoms with Gasteiger partial charge in [-0.25, -0.2) is 0 Å². The standard InChI is InChI=1S/C18H25NS/c1-6-14-9-7-8-13(2)17(14)19-12-15-10-11-16(20-15)18(3,4)5/h7-11,19H,6,12H2,1-5H3. The third-order valence-corrected chi connectivity index (χ3v) is 5.09. The Balaban J connectivity index is 2.11. The lowest BCUT2D eigenvalue weighted by Crippen LogP contribution is -2.07. The highest BCUT2D eigenvalue weighted by Crippen LogP contribution is 2.30. The molecule has 20 heavy (non-hydrogen) atoms. The molecule has 2 heteroatoms. The molecule has 0 aliphatic rings. The van der Waals surface area contributed by atoms with Gasteiger partial charge in [0.05, 0.1) is 0 Å². The molecular formula is C18H25NS. The molecule has 0 aliphatic heterocycles. The molecule has 1 N–H and O–H groups in total. The summed E-state index contributed by atoms with van der Waals surface area (Å²) < 4.78 is 0. The van der Waals surface area contributed by atoms with Gasteiger partial charge in [-0.15, -0.1) is 11.3 Å². The van der Waals surface area contributed by atoms with Crippen molar-refractivity contribution in [2.24, 2.45) is 0 Å². The summed E-state index contributed by atoms with van der Waals surface area (Å²) in [6, 6.07) is 11.0. The maximum atomic E-state index is 3.62. The monoisotopic (exact) mass is 287 g/mol. The topological polar surface area (TPSA) is 12.0 Å². The van der Waals surface area contributed by atoms with E-state index in [1.165, 1.54) is 26.6 Å². The van der Waals surface area contributed by atoms with Gasteiger partial charge in [0.1, 0.15) is 0 Å². The predicted octanol–water partition coefficient (Wildman–Crippen LogP) is 5.53. The van der Waals surface area contributed by atoms with E-state index in [2.05, 4.69) is 70.3 Å². The van der Waals surface area contributed by atoms with Crippen LogP contribution in [0.1, 0.15) is 48.6 Å². The van der Waals surface area contributed by atoms with Gasteiger partial charge >= 0.3 is 0 Å². The highest BCUT2D eigenvalue weighted by atomic mass is 32.1. The Morgan fingerprint density at radius 3 is 2.45 bits per heavy atom. The van der Waals surface area contributed by atoms with E-state index >= 15 is 0 Å². The first-order valence-corrected chi connectivity index (χ1v) is 8.15. The minimum absolute atomic E-state index is 0.250. The maximum absolute atomic E-state index is 3.62. The van der Waals surface area contributed by atoms with Gasteiger partial charge in [0.15, 0.2) is 0 Å². The molecule has 0 amide bonds. The highest BCUT2D eigenvalue weighted by Gasteiger charge is 2.16. The Labute approximate surface area is 127 Å². The van der Waals surface area contributed by atoms with Gasteiger partial charge in [-0.2, -0.15) is 0 Å². The van der Waals surface area contributed by atoms with Crippen LogP contribution in [0.25, 0.3) is 0 Å². The van der Waals surface area contributed by atoms with Crippen LogP contribution in [0.3, 0.4) is 0 Å². The summed E-state index contributed by atoms with van der Waals surface area (Å²) in [4.78, 5) is 2.86.